The maximum Gasteiger partial charge on any atom is 0.395 e. The Morgan fingerprint density at radius 2 is 2.00 bits per heavy atom. The highest BCUT2D eigenvalue weighted by Crippen LogP contribution is 2.24. The largest absolute Gasteiger partial charge is 0.520 e. The number of benzene rings is 1. The summed E-state index contributed by atoms with van der Waals surface area (Å²) in [5.74, 6) is 0.877. The molecule has 0 heterocycles. The van der Waals surface area contributed by atoms with Crippen molar-refractivity contribution in [1.82, 2.24) is 0 Å². The maximum absolute atomic E-state index is 6.06. The molecule has 88 valence electrons. The van der Waals surface area contributed by atoms with E-state index in [9.17, 15) is 0 Å². The van der Waals surface area contributed by atoms with Crippen LogP contribution in [0.4, 0.5) is 0 Å². The minimum Gasteiger partial charge on any atom is -0.520 e. The van der Waals surface area contributed by atoms with Crippen molar-refractivity contribution in [3.05, 3.63) is 36.4 Å². The molecule has 0 aromatic heterocycles. The zero-order chi connectivity index (χ0) is 12.0. The van der Waals surface area contributed by atoms with Crippen molar-refractivity contribution >= 4 is 14.6 Å². The summed E-state index contributed by atoms with van der Waals surface area (Å²) in [7, 11) is -2.06. The minimum atomic E-state index is -2.06. The Morgan fingerprint density at radius 3 is 2.56 bits per heavy atom. The lowest BCUT2D eigenvalue weighted by molar-refractivity contribution is 0.258. The van der Waals surface area contributed by atoms with Crippen LogP contribution in [-0.4, -0.2) is 15.2 Å². The topological polar surface area (TPSA) is 18.5 Å². The molecule has 1 atom stereocenters. The molecule has 0 fully saturated rings. The first-order valence-corrected chi connectivity index (χ1v) is 8.22. The van der Waals surface area contributed by atoms with E-state index >= 15 is 0 Å². The monoisotopic (exact) mass is 236 g/mol. The van der Waals surface area contributed by atoms with E-state index in [0.717, 1.165) is 17.4 Å². The Hall–Kier alpha value is -1.06. The summed E-state index contributed by atoms with van der Waals surface area (Å²) in [6.07, 6.45) is 1.81. The van der Waals surface area contributed by atoms with Crippen LogP contribution in [0.5, 0.6) is 5.75 Å². The molecule has 1 aromatic carbocycles. The van der Waals surface area contributed by atoms with Crippen molar-refractivity contribution in [2.75, 3.05) is 6.61 Å². The van der Waals surface area contributed by atoms with Crippen LogP contribution in [0.25, 0.3) is 6.08 Å². The van der Waals surface area contributed by atoms with Crippen molar-refractivity contribution in [2.45, 2.75) is 26.4 Å². The van der Waals surface area contributed by atoms with E-state index < -0.39 is 8.56 Å². The molecule has 0 aliphatic rings. The Kier molecular flexibility index (Phi) is 4.77. The Morgan fingerprint density at radius 1 is 1.31 bits per heavy atom. The van der Waals surface area contributed by atoms with Crippen molar-refractivity contribution in [1.29, 1.82) is 0 Å². The first-order valence-electron chi connectivity index (χ1n) is 5.69. The van der Waals surface area contributed by atoms with Gasteiger partial charge in [0.1, 0.15) is 5.75 Å². The van der Waals surface area contributed by atoms with Crippen LogP contribution in [0.15, 0.2) is 30.8 Å². The molecule has 1 unspecified atom stereocenters. The molecular weight excluding hydrogens is 216 g/mol. The zero-order valence-corrected chi connectivity index (χ0v) is 11.3. The lowest BCUT2D eigenvalue weighted by Crippen LogP contribution is -2.41. The summed E-state index contributed by atoms with van der Waals surface area (Å²) in [5, 5.41) is 0. The first kappa shape index (κ1) is 13.0. The predicted molar refractivity (Wildman–Crippen MR) is 70.9 cm³/mol. The van der Waals surface area contributed by atoms with E-state index in [1.807, 2.05) is 37.3 Å². The van der Waals surface area contributed by atoms with Gasteiger partial charge in [-0.15, -0.1) is 0 Å². The molecule has 0 aliphatic heterocycles. The fourth-order valence-electron chi connectivity index (χ4n) is 1.48. The van der Waals surface area contributed by atoms with Crippen LogP contribution in [-0.2, 0) is 4.43 Å². The number of para-hydroxylation sites is 1. The van der Waals surface area contributed by atoms with Crippen molar-refractivity contribution in [2.24, 2.45) is 0 Å². The number of rotatable bonds is 6. The molecule has 2 nitrogen and oxygen atoms in total. The summed E-state index contributed by atoms with van der Waals surface area (Å²) in [5.41, 5.74) is 1.02. The Labute approximate surface area is 99.2 Å². The maximum atomic E-state index is 6.06. The zero-order valence-electron chi connectivity index (χ0n) is 10.3. The van der Waals surface area contributed by atoms with Gasteiger partial charge >= 0.3 is 8.56 Å². The Balaban J connectivity index is 2.89. The van der Waals surface area contributed by atoms with Gasteiger partial charge < -0.3 is 8.85 Å². The van der Waals surface area contributed by atoms with Gasteiger partial charge in [0.25, 0.3) is 0 Å². The third kappa shape index (κ3) is 3.22. The van der Waals surface area contributed by atoms with Crippen LogP contribution < -0.4 is 4.43 Å². The highest BCUT2D eigenvalue weighted by Gasteiger charge is 2.31. The van der Waals surface area contributed by atoms with Gasteiger partial charge in [0.15, 0.2) is 0 Å². The van der Waals surface area contributed by atoms with Gasteiger partial charge in [0.05, 0.1) is 0 Å². The van der Waals surface area contributed by atoms with E-state index in [-0.39, 0.29) is 0 Å². The van der Waals surface area contributed by atoms with Crippen molar-refractivity contribution in [3.8, 4) is 5.75 Å². The quantitative estimate of drug-likeness (QED) is 0.699. The summed E-state index contributed by atoms with van der Waals surface area (Å²) >= 11 is 0. The smallest absolute Gasteiger partial charge is 0.395 e. The fourth-order valence-corrected chi connectivity index (χ4v) is 3.15. The molecule has 1 rings (SSSR count). The summed E-state index contributed by atoms with van der Waals surface area (Å²) in [6, 6.07) is 8.86. The SMILES string of the molecule is C=Cc1ccccc1O[Si](C)(CC)OCC. The summed E-state index contributed by atoms with van der Waals surface area (Å²) < 4.78 is 11.8. The van der Waals surface area contributed by atoms with Crippen LogP contribution in [0.1, 0.15) is 19.4 Å². The summed E-state index contributed by atoms with van der Waals surface area (Å²) in [6.45, 7) is 10.7. The highest BCUT2D eigenvalue weighted by molar-refractivity contribution is 6.66. The molecule has 3 heteroatoms. The van der Waals surface area contributed by atoms with Gasteiger partial charge in [0.2, 0.25) is 0 Å². The molecule has 0 saturated heterocycles. The molecule has 0 radical (unpaired) electrons. The average Bonchev–Trinajstić information content (AvgIpc) is 2.30. The highest BCUT2D eigenvalue weighted by atomic mass is 28.4. The molecule has 0 aliphatic carbocycles. The van der Waals surface area contributed by atoms with Gasteiger partial charge in [-0.2, -0.15) is 0 Å². The minimum absolute atomic E-state index is 0.701. The van der Waals surface area contributed by atoms with Gasteiger partial charge in [-0.1, -0.05) is 37.8 Å². The van der Waals surface area contributed by atoms with Crippen molar-refractivity contribution in [3.63, 3.8) is 0 Å². The van der Waals surface area contributed by atoms with Gasteiger partial charge in [-0.05, 0) is 25.6 Å². The molecule has 0 bridgehead atoms. The normalized spacial score (nSPS) is 14.2. The van der Waals surface area contributed by atoms with Crippen LogP contribution in [0.2, 0.25) is 12.6 Å². The predicted octanol–water partition coefficient (Wildman–Crippen LogP) is 3.84. The van der Waals surface area contributed by atoms with Crippen LogP contribution in [0, 0.1) is 0 Å². The standard InChI is InChI=1S/C13H20O2Si/c1-5-12-10-8-9-11-13(12)15-16(4,7-3)14-6-2/h5,8-11H,1,6-7H2,2-4H3. The van der Waals surface area contributed by atoms with Gasteiger partial charge in [0, 0.05) is 12.2 Å². The van der Waals surface area contributed by atoms with Crippen LogP contribution >= 0.6 is 0 Å². The fraction of sp³-hybridized carbons (Fsp3) is 0.385. The molecule has 0 saturated carbocycles. The van der Waals surface area contributed by atoms with E-state index in [4.69, 9.17) is 8.85 Å². The van der Waals surface area contributed by atoms with Crippen LogP contribution in [0.3, 0.4) is 0 Å². The number of hydrogen-bond acceptors (Lipinski definition) is 2. The molecule has 1 aromatic rings. The lowest BCUT2D eigenvalue weighted by atomic mass is 10.2. The first-order chi connectivity index (χ1) is 7.65. The third-order valence-electron chi connectivity index (χ3n) is 2.56. The Bertz CT molecular complexity index is 352. The van der Waals surface area contributed by atoms with E-state index in [0.29, 0.717) is 6.61 Å². The van der Waals surface area contributed by atoms with Gasteiger partial charge in [-0.25, -0.2) is 0 Å². The van der Waals surface area contributed by atoms with E-state index in [2.05, 4.69) is 20.0 Å². The van der Waals surface area contributed by atoms with E-state index in [1.165, 1.54) is 0 Å². The second-order valence-electron chi connectivity index (χ2n) is 3.76. The summed E-state index contributed by atoms with van der Waals surface area (Å²) in [4.78, 5) is 0. The van der Waals surface area contributed by atoms with Crippen molar-refractivity contribution < 1.29 is 8.85 Å². The number of hydrogen-bond donors (Lipinski definition) is 0. The molecular formula is C13H20O2Si. The van der Waals surface area contributed by atoms with Gasteiger partial charge in [-0.3, -0.25) is 0 Å². The molecule has 16 heavy (non-hydrogen) atoms. The average molecular weight is 236 g/mol. The third-order valence-corrected chi connectivity index (χ3v) is 5.39. The molecule has 0 spiro atoms. The van der Waals surface area contributed by atoms with E-state index in [1.54, 1.807) is 0 Å². The lowest BCUT2D eigenvalue weighted by Gasteiger charge is -2.26. The second-order valence-corrected chi connectivity index (χ2v) is 7.23. The molecule has 0 N–H and O–H groups in total. The second kappa shape index (κ2) is 5.87. The molecule has 0 amide bonds.